The van der Waals surface area contributed by atoms with Crippen molar-refractivity contribution in [3.63, 3.8) is 0 Å². The summed E-state index contributed by atoms with van der Waals surface area (Å²) in [5, 5.41) is 4.18. The zero-order chi connectivity index (χ0) is 12.1. The minimum Gasteiger partial charge on any atom is -0.306 e. The molecule has 17 heavy (non-hydrogen) atoms. The number of carbonyl (C=O) groups excluding carboxylic acids is 1. The predicted octanol–water partition coefficient (Wildman–Crippen LogP) is 1.50. The van der Waals surface area contributed by atoms with Gasteiger partial charge < -0.3 is 4.90 Å². The van der Waals surface area contributed by atoms with E-state index in [1.807, 2.05) is 18.2 Å². The quantitative estimate of drug-likeness (QED) is 0.784. The van der Waals surface area contributed by atoms with E-state index in [9.17, 15) is 4.79 Å². The molecular weight excluding hydrogens is 214 g/mol. The summed E-state index contributed by atoms with van der Waals surface area (Å²) in [6.07, 6.45) is 1.87. The summed E-state index contributed by atoms with van der Waals surface area (Å²) >= 11 is 0. The largest absolute Gasteiger partial charge is 0.306 e. The average Bonchev–Trinajstić information content (AvgIpc) is 2.39. The molecule has 1 N–H and O–H groups in total. The van der Waals surface area contributed by atoms with Gasteiger partial charge >= 0.3 is 0 Å². The normalized spacial score (nSPS) is 16.6. The lowest BCUT2D eigenvalue weighted by atomic mass is 10.1. The number of piperidine rings is 1. The van der Waals surface area contributed by atoms with Crippen molar-refractivity contribution in [2.24, 2.45) is 5.10 Å². The number of hydrogen-bond acceptors (Lipinski definition) is 3. The summed E-state index contributed by atoms with van der Waals surface area (Å²) in [5.41, 5.74) is 4.33. The second-order valence-electron chi connectivity index (χ2n) is 4.29. The highest BCUT2D eigenvalue weighted by molar-refractivity contribution is 5.95. The zero-order valence-electron chi connectivity index (χ0n) is 10.0. The summed E-state index contributed by atoms with van der Waals surface area (Å²) in [6.45, 7) is 2.03. The van der Waals surface area contributed by atoms with E-state index in [0.29, 0.717) is 5.56 Å². The van der Waals surface area contributed by atoms with Gasteiger partial charge in [0.1, 0.15) is 0 Å². The molecule has 1 amide bonds. The first-order valence-electron chi connectivity index (χ1n) is 5.85. The van der Waals surface area contributed by atoms with Crippen LogP contribution < -0.4 is 5.43 Å². The van der Waals surface area contributed by atoms with Crippen molar-refractivity contribution in [2.75, 3.05) is 20.1 Å². The summed E-state index contributed by atoms with van der Waals surface area (Å²) in [7, 11) is 2.10. The van der Waals surface area contributed by atoms with Crippen LogP contribution in [0.15, 0.2) is 35.4 Å². The molecule has 0 aromatic heterocycles. The molecule has 0 radical (unpaired) electrons. The Morgan fingerprint density at radius 1 is 1.24 bits per heavy atom. The van der Waals surface area contributed by atoms with E-state index < -0.39 is 0 Å². The number of nitrogens with one attached hydrogen (secondary N) is 1. The Bertz CT molecular complexity index is 404. The molecule has 0 atom stereocenters. The van der Waals surface area contributed by atoms with Crippen molar-refractivity contribution < 1.29 is 4.79 Å². The third kappa shape index (κ3) is 3.39. The summed E-state index contributed by atoms with van der Waals surface area (Å²) in [4.78, 5) is 14.0. The van der Waals surface area contributed by atoms with Crippen molar-refractivity contribution in [1.82, 2.24) is 10.3 Å². The maximum Gasteiger partial charge on any atom is 0.271 e. The molecule has 0 spiro atoms. The number of likely N-dealkylation sites (tertiary alicyclic amines) is 1. The third-order valence-electron chi connectivity index (χ3n) is 2.92. The van der Waals surface area contributed by atoms with Gasteiger partial charge in [0.05, 0.1) is 0 Å². The van der Waals surface area contributed by atoms with Crippen molar-refractivity contribution in [3.05, 3.63) is 35.9 Å². The lowest BCUT2D eigenvalue weighted by Gasteiger charge is -2.22. The number of nitrogens with zero attached hydrogens (tertiary/aromatic N) is 2. The number of hydrazone groups is 1. The fourth-order valence-electron chi connectivity index (χ4n) is 1.77. The van der Waals surface area contributed by atoms with Crippen LogP contribution in [-0.2, 0) is 0 Å². The van der Waals surface area contributed by atoms with Crippen LogP contribution in [-0.4, -0.2) is 36.7 Å². The highest BCUT2D eigenvalue weighted by Gasteiger charge is 2.11. The Morgan fingerprint density at radius 3 is 2.53 bits per heavy atom. The summed E-state index contributed by atoms with van der Waals surface area (Å²) in [6, 6.07) is 9.14. The monoisotopic (exact) mass is 231 g/mol. The molecular formula is C13H17N3O. The van der Waals surface area contributed by atoms with Gasteiger partial charge in [-0.1, -0.05) is 18.2 Å². The molecule has 4 nitrogen and oxygen atoms in total. The maximum atomic E-state index is 11.7. The van der Waals surface area contributed by atoms with E-state index in [4.69, 9.17) is 0 Å². The van der Waals surface area contributed by atoms with Gasteiger partial charge in [-0.3, -0.25) is 4.79 Å². The van der Waals surface area contributed by atoms with Gasteiger partial charge in [-0.05, 0) is 19.2 Å². The average molecular weight is 231 g/mol. The standard InChI is InChI=1S/C13H17N3O/c1-16-9-7-12(8-10-16)14-15-13(17)11-5-3-2-4-6-11/h2-6H,7-10H2,1H3,(H,15,17). The van der Waals surface area contributed by atoms with Gasteiger partial charge in [0.2, 0.25) is 0 Å². The van der Waals surface area contributed by atoms with Gasteiger partial charge in [-0.15, -0.1) is 0 Å². The first kappa shape index (κ1) is 11.8. The van der Waals surface area contributed by atoms with Crippen molar-refractivity contribution >= 4 is 11.6 Å². The Morgan fingerprint density at radius 2 is 1.88 bits per heavy atom. The molecule has 1 aliphatic rings. The first-order valence-corrected chi connectivity index (χ1v) is 5.85. The molecule has 90 valence electrons. The molecule has 1 aromatic carbocycles. The molecule has 1 saturated heterocycles. The highest BCUT2D eigenvalue weighted by Crippen LogP contribution is 2.04. The molecule has 4 heteroatoms. The second-order valence-corrected chi connectivity index (χ2v) is 4.29. The Kier molecular flexibility index (Phi) is 3.88. The molecule has 0 saturated carbocycles. The second kappa shape index (κ2) is 5.59. The van der Waals surface area contributed by atoms with E-state index in [1.54, 1.807) is 12.1 Å². The topological polar surface area (TPSA) is 44.7 Å². The fourth-order valence-corrected chi connectivity index (χ4v) is 1.77. The van der Waals surface area contributed by atoms with Crippen LogP contribution in [0.5, 0.6) is 0 Å². The molecule has 1 aromatic rings. The van der Waals surface area contributed by atoms with E-state index in [2.05, 4.69) is 22.5 Å². The third-order valence-corrected chi connectivity index (χ3v) is 2.92. The lowest BCUT2D eigenvalue weighted by Crippen LogP contribution is -2.32. The minimum atomic E-state index is -0.142. The first-order chi connectivity index (χ1) is 8.25. The van der Waals surface area contributed by atoms with Gasteiger partial charge in [-0.2, -0.15) is 5.10 Å². The maximum absolute atomic E-state index is 11.7. The Hall–Kier alpha value is -1.68. The van der Waals surface area contributed by atoms with Crippen molar-refractivity contribution in [2.45, 2.75) is 12.8 Å². The molecule has 2 rings (SSSR count). The SMILES string of the molecule is CN1CCC(=NNC(=O)c2ccccc2)CC1. The number of carbonyl (C=O) groups is 1. The predicted molar refractivity (Wildman–Crippen MR) is 68.1 cm³/mol. The van der Waals surface area contributed by atoms with Crippen LogP contribution in [0.1, 0.15) is 23.2 Å². The van der Waals surface area contributed by atoms with Gasteiger partial charge in [0.15, 0.2) is 0 Å². The number of amides is 1. The minimum absolute atomic E-state index is 0.142. The van der Waals surface area contributed by atoms with Crippen LogP contribution in [0.3, 0.4) is 0 Å². The van der Waals surface area contributed by atoms with Crippen LogP contribution in [0.25, 0.3) is 0 Å². The number of benzene rings is 1. The lowest BCUT2D eigenvalue weighted by molar-refractivity contribution is 0.0954. The van der Waals surface area contributed by atoms with Crippen LogP contribution >= 0.6 is 0 Å². The van der Waals surface area contributed by atoms with E-state index in [0.717, 1.165) is 31.6 Å². The summed E-state index contributed by atoms with van der Waals surface area (Å²) < 4.78 is 0. The van der Waals surface area contributed by atoms with E-state index >= 15 is 0 Å². The molecule has 1 heterocycles. The number of rotatable bonds is 2. The Balaban J connectivity index is 1.90. The van der Waals surface area contributed by atoms with Crippen LogP contribution in [0.2, 0.25) is 0 Å². The summed E-state index contributed by atoms with van der Waals surface area (Å²) in [5.74, 6) is -0.142. The molecule has 0 aliphatic carbocycles. The Labute approximate surface area is 101 Å². The number of hydrogen-bond donors (Lipinski definition) is 1. The van der Waals surface area contributed by atoms with Gasteiger partial charge in [0.25, 0.3) is 5.91 Å². The van der Waals surface area contributed by atoms with Crippen LogP contribution in [0.4, 0.5) is 0 Å². The van der Waals surface area contributed by atoms with E-state index in [1.165, 1.54) is 0 Å². The van der Waals surface area contributed by atoms with Gasteiger partial charge in [-0.25, -0.2) is 5.43 Å². The zero-order valence-corrected chi connectivity index (χ0v) is 10.0. The smallest absolute Gasteiger partial charge is 0.271 e. The van der Waals surface area contributed by atoms with E-state index in [-0.39, 0.29) is 5.91 Å². The van der Waals surface area contributed by atoms with Crippen molar-refractivity contribution in [1.29, 1.82) is 0 Å². The van der Waals surface area contributed by atoms with Crippen molar-refractivity contribution in [3.8, 4) is 0 Å². The molecule has 0 bridgehead atoms. The molecule has 0 unspecified atom stereocenters. The van der Waals surface area contributed by atoms with Crippen LogP contribution in [0, 0.1) is 0 Å². The molecule has 1 aliphatic heterocycles. The molecule has 1 fully saturated rings. The fraction of sp³-hybridized carbons (Fsp3) is 0.385. The highest BCUT2D eigenvalue weighted by atomic mass is 16.2. The van der Waals surface area contributed by atoms with Gasteiger partial charge in [0, 0.05) is 37.2 Å².